The van der Waals surface area contributed by atoms with Crippen molar-refractivity contribution in [3.05, 3.63) is 94.4 Å². The second-order valence-corrected chi connectivity index (χ2v) is 7.42. The minimum atomic E-state index is -0.201. The highest BCUT2D eigenvalue weighted by atomic mass is 35.5. The molecule has 0 aliphatic carbocycles. The van der Waals surface area contributed by atoms with Gasteiger partial charge >= 0.3 is 0 Å². The number of carbonyl (C=O) groups is 1. The number of hydrogen-bond acceptors (Lipinski definition) is 3. The van der Waals surface area contributed by atoms with Gasteiger partial charge in [-0.25, -0.2) is 0 Å². The molecule has 3 rings (SSSR count). The fourth-order valence-electron chi connectivity index (χ4n) is 2.57. The van der Waals surface area contributed by atoms with Gasteiger partial charge in [-0.3, -0.25) is 4.79 Å². The molecule has 0 unspecified atom stereocenters. The lowest BCUT2D eigenvalue weighted by molar-refractivity contribution is 0.0910. The van der Waals surface area contributed by atoms with E-state index < -0.39 is 0 Å². The summed E-state index contributed by atoms with van der Waals surface area (Å²) in [6.45, 7) is 1.96. The third kappa shape index (κ3) is 5.16. The summed E-state index contributed by atoms with van der Waals surface area (Å²) >= 11 is 7.71. The predicted octanol–water partition coefficient (Wildman–Crippen LogP) is 5.86. The molecule has 0 aliphatic rings. The molecule has 2 aromatic carbocycles. The van der Waals surface area contributed by atoms with Crippen LogP contribution in [0.2, 0.25) is 5.02 Å². The van der Waals surface area contributed by atoms with Crippen molar-refractivity contribution in [1.29, 1.82) is 0 Å². The number of benzene rings is 2. The molecule has 1 atom stereocenters. The lowest BCUT2D eigenvalue weighted by Gasteiger charge is -2.13. The van der Waals surface area contributed by atoms with Crippen molar-refractivity contribution in [1.82, 2.24) is 5.32 Å². The zero-order valence-electron chi connectivity index (χ0n) is 14.4. The minimum Gasteiger partial charge on any atom is -0.455 e. The van der Waals surface area contributed by atoms with Gasteiger partial charge in [-0.2, -0.15) is 0 Å². The van der Waals surface area contributed by atoms with E-state index in [9.17, 15) is 4.79 Å². The van der Waals surface area contributed by atoms with Crippen LogP contribution in [-0.2, 0) is 11.5 Å². The molecule has 3 nitrogen and oxygen atoms in total. The van der Waals surface area contributed by atoms with E-state index in [-0.39, 0.29) is 11.9 Å². The number of rotatable bonds is 7. The van der Waals surface area contributed by atoms with Crippen LogP contribution < -0.4 is 5.32 Å². The Morgan fingerprint density at radius 1 is 1.08 bits per heavy atom. The quantitative estimate of drug-likeness (QED) is 0.554. The molecule has 3 aromatic rings. The average Bonchev–Trinajstić information content (AvgIpc) is 3.11. The second-order valence-electron chi connectivity index (χ2n) is 5.99. The highest BCUT2D eigenvalue weighted by molar-refractivity contribution is 7.97. The monoisotopic (exact) mass is 385 g/mol. The summed E-state index contributed by atoms with van der Waals surface area (Å²) in [4.78, 5) is 12.3. The van der Waals surface area contributed by atoms with Crippen LogP contribution in [0.15, 0.2) is 71.1 Å². The number of amides is 1. The average molecular weight is 386 g/mol. The molecule has 0 aliphatic heterocycles. The Labute approximate surface area is 162 Å². The SMILES string of the molecule is C[C@H](NC(=O)c1ccc(CSCc2cccc(Cl)c2)o1)c1ccccc1. The van der Waals surface area contributed by atoms with E-state index in [2.05, 4.69) is 5.32 Å². The number of hydrogen-bond donors (Lipinski definition) is 1. The first-order chi connectivity index (χ1) is 12.6. The molecule has 0 fully saturated rings. The fraction of sp³-hybridized carbons (Fsp3) is 0.190. The third-order valence-electron chi connectivity index (χ3n) is 3.93. The molecule has 0 radical (unpaired) electrons. The zero-order valence-corrected chi connectivity index (χ0v) is 16.0. The molecular weight excluding hydrogens is 366 g/mol. The Kier molecular flexibility index (Phi) is 6.42. The van der Waals surface area contributed by atoms with E-state index in [1.807, 2.05) is 67.6 Å². The van der Waals surface area contributed by atoms with Crippen LogP contribution in [0.3, 0.4) is 0 Å². The minimum absolute atomic E-state index is 0.0746. The Balaban J connectivity index is 1.51. The van der Waals surface area contributed by atoms with Crippen molar-refractivity contribution in [2.75, 3.05) is 0 Å². The molecule has 0 saturated carbocycles. The molecule has 1 aromatic heterocycles. The summed E-state index contributed by atoms with van der Waals surface area (Å²) in [5.41, 5.74) is 2.23. The van der Waals surface area contributed by atoms with Gasteiger partial charge in [-0.05, 0) is 42.3 Å². The summed E-state index contributed by atoms with van der Waals surface area (Å²) in [7, 11) is 0. The lowest BCUT2D eigenvalue weighted by Crippen LogP contribution is -2.26. The van der Waals surface area contributed by atoms with Crippen molar-refractivity contribution in [2.24, 2.45) is 0 Å². The normalized spacial score (nSPS) is 11.9. The van der Waals surface area contributed by atoms with Crippen LogP contribution in [0.1, 0.15) is 40.4 Å². The Morgan fingerprint density at radius 3 is 2.65 bits per heavy atom. The Morgan fingerprint density at radius 2 is 1.88 bits per heavy atom. The van der Waals surface area contributed by atoms with E-state index in [4.69, 9.17) is 16.0 Å². The van der Waals surface area contributed by atoms with Gasteiger partial charge in [0.1, 0.15) is 5.76 Å². The van der Waals surface area contributed by atoms with Gasteiger partial charge in [0.15, 0.2) is 5.76 Å². The molecule has 5 heteroatoms. The van der Waals surface area contributed by atoms with Gasteiger partial charge in [-0.1, -0.05) is 54.1 Å². The van der Waals surface area contributed by atoms with Crippen molar-refractivity contribution in [3.8, 4) is 0 Å². The van der Waals surface area contributed by atoms with Gasteiger partial charge in [0.05, 0.1) is 11.8 Å². The molecule has 1 amide bonds. The second kappa shape index (κ2) is 8.97. The first-order valence-electron chi connectivity index (χ1n) is 8.38. The summed E-state index contributed by atoms with van der Waals surface area (Å²) < 4.78 is 5.68. The van der Waals surface area contributed by atoms with E-state index in [1.54, 1.807) is 17.8 Å². The lowest BCUT2D eigenvalue weighted by atomic mass is 10.1. The Bertz CT molecular complexity index is 863. The maximum absolute atomic E-state index is 12.3. The number of furan rings is 1. The Hall–Kier alpha value is -2.17. The number of nitrogens with one attached hydrogen (secondary N) is 1. The highest BCUT2D eigenvalue weighted by Crippen LogP contribution is 2.22. The smallest absolute Gasteiger partial charge is 0.287 e. The summed E-state index contributed by atoms with van der Waals surface area (Å²) in [6.07, 6.45) is 0. The summed E-state index contributed by atoms with van der Waals surface area (Å²) in [6, 6.07) is 21.2. The van der Waals surface area contributed by atoms with Crippen LogP contribution in [0.25, 0.3) is 0 Å². The van der Waals surface area contributed by atoms with Crippen molar-refractivity contribution >= 4 is 29.3 Å². The maximum Gasteiger partial charge on any atom is 0.287 e. The molecule has 1 N–H and O–H groups in total. The molecule has 26 heavy (non-hydrogen) atoms. The predicted molar refractivity (Wildman–Crippen MR) is 107 cm³/mol. The van der Waals surface area contributed by atoms with Gasteiger partial charge in [-0.15, -0.1) is 11.8 Å². The maximum atomic E-state index is 12.3. The van der Waals surface area contributed by atoms with E-state index >= 15 is 0 Å². The van der Waals surface area contributed by atoms with Crippen LogP contribution in [-0.4, -0.2) is 5.91 Å². The van der Waals surface area contributed by atoms with Gasteiger partial charge < -0.3 is 9.73 Å². The van der Waals surface area contributed by atoms with Crippen LogP contribution in [0.5, 0.6) is 0 Å². The first kappa shape index (κ1) is 18.6. The largest absolute Gasteiger partial charge is 0.455 e. The van der Waals surface area contributed by atoms with Crippen molar-refractivity contribution in [2.45, 2.75) is 24.5 Å². The molecule has 0 saturated heterocycles. The number of thioether (sulfide) groups is 1. The van der Waals surface area contributed by atoms with Gasteiger partial charge in [0.25, 0.3) is 5.91 Å². The molecule has 0 spiro atoms. The highest BCUT2D eigenvalue weighted by Gasteiger charge is 2.15. The number of carbonyl (C=O) groups excluding carboxylic acids is 1. The number of halogens is 1. The molecule has 134 valence electrons. The third-order valence-corrected chi connectivity index (χ3v) is 5.20. The van der Waals surface area contributed by atoms with Crippen LogP contribution in [0, 0.1) is 0 Å². The van der Waals surface area contributed by atoms with E-state index in [1.165, 1.54) is 5.56 Å². The molecule has 0 bridgehead atoms. The molecular formula is C21H20ClNO2S. The van der Waals surface area contributed by atoms with E-state index in [0.717, 1.165) is 22.1 Å². The zero-order chi connectivity index (χ0) is 18.4. The van der Waals surface area contributed by atoms with Crippen LogP contribution in [0.4, 0.5) is 0 Å². The summed E-state index contributed by atoms with van der Waals surface area (Å²) in [5, 5.41) is 3.70. The topological polar surface area (TPSA) is 42.2 Å². The summed E-state index contributed by atoms with van der Waals surface area (Å²) in [5.74, 6) is 2.47. The van der Waals surface area contributed by atoms with Gasteiger partial charge in [0, 0.05) is 10.8 Å². The molecule has 1 heterocycles. The van der Waals surface area contributed by atoms with Gasteiger partial charge in [0.2, 0.25) is 0 Å². The first-order valence-corrected chi connectivity index (χ1v) is 9.92. The standard InChI is InChI=1S/C21H20ClNO2S/c1-15(17-7-3-2-4-8-17)23-21(24)20-11-10-19(25-20)14-26-13-16-6-5-9-18(22)12-16/h2-12,15H,13-14H2,1H3,(H,23,24)/t15-/m0/s1. The van der Waals surface area contributed by atoms with Crippen molar-refractivity contribution < 1.29 is 9.21 Å². The van der Waals surface area contributed by atoms with E-state index in [0.29, 0.717) is 11.5 Å². The van der Waals surface area contributed by atoms with Crippen LogP contribution >= 0.6 is 23.4 Å². The van der Waals surface area contributed by atoms with Crippen molar-refractivity contribution in [3.63, 3.8) is 0 Å². The fourth-order valence-corrected chi connectivity index (χ4v) is 3.65.